The number of nitrogens with zero attached hydrogens (tertiary/aromatic N) is 1. The van der Waals surface area contributed by atoms with Gasteiger partial charge in [0.25, 0.3) is 0 Å². The van der Waals surface area contributed by atoms with Crippen LogP contribution in [0.5, 0.6) is 5.75 Å². The first-order chi connectivity index (χ1) is 8.89. The summed E-state index contributed by atoms with van der Waals surface area (Å²) in [6, 6.07) is 5.89. The Bertz CT molecular complexity index is 434. The van der Waals surface area contributed by atoms with Crippen molar-refractivity contribution in [3.05, 3.63) is 18.2 Å². The number of benzene rings is 1. The predicted octanol–water partition coefficient (Wildman–Crippen LogP) is 2.41. The molecule has 1 aliphatic heterocycles. The van der Waals surface area contributed by atoms with Gasteiger partial charge in [-0.05, 0) is 45.7 Å². The van der Waals surface area contributed by atoms with Crippen LogP contribution in [0.3, 0.4) is 0 Å². The maximum atomic E-state index is 10.00. The van der Waals surface area contributed by atoms with Crippen LogP contribution in [0.25, 0.3) is 0 Å². The molecule has 0 bridgehead atoms. The molecule has 2 rings (SSSR count). The number of ether oxygens (including phenoxy) is 1. The minimum atomic E-state index is -0.544. The third-order valence-corrected chi connectivity index (χ3v) is 3.59. The Labute approximate surface area is 115 Å². The second kappa shape index (κ2) is 5.29. The molecule has 1 aromatic carbocycles. The van der Waals surface area contributed by atoms with Crippen molar-refractivity contribution in [3.63, 3.8) is 0 Å². The van der Waals surface area contributed by atoms with Crippen LogP contribution in [-0.2, 0) is 0 Å². The van der Waals surface area contributed by atoms with E-state index in [9.17, 15) is 5.11 Å². The lowest BCUT2D eigenvalue weighted by Gasteiger charge is -2.37. The number of rotatable bonds is 3. The first-order valence-electron chi connectivity index (χ1n) is 6.91. The lowest BCUT2D eigenvalue weighted by Crippen LogP contribution is -2.42. The van der Waals surface area contributed by atoms with E-state index in [1.54, 1.807) is 0 Å². The monoisotopic (exact) mass is 264 g/mol. The molecule has 0 aliphatic carbocycles. The number of piperidine rings is 1. The van der Waals surface area contributed by atoms with E-state index < -0.39 is 5.60 Å². The highest BCUT2D eigenvalue weighted by molar-refractivity contribution is 5.74. The van der Waals surface area contributed by atoms with Crippen LogP contribution < -0.4 is 15.4 Å². The van der Waals surface area contributed by atoms with Crippen LogP contribution in [0, 0.1) is 0 Å². The molecule has 3 N–H and O–H groups in total. The smallest absolute Gasteiger partial charge is 0.144 e. The number of para-hydroxylation sites is 1. The van der Waals surface area contributed by atoms with Crippen LogP contribution in [0.1, 0.15) is 33.6 Å². The van der Waals surface area contributed by atoms with E-state index in [2.05, 4.69) is 4.90 Å². The summed E-state index contributed by atoms with van der Waals surface area (Å²) in [6.07, 6.45) is 1.64. The molecule has 19 heavy (non-hydrogen) atoms. The lowest BCUT2D eigenvalue weighted by molar-refractivity contribution is 0.0351. The first kappa shape index (κ1) is 14.0. The zero-order chi connectivity index (χ0) is 14.0. The normalized spacial score (nSPS) is 18.7. The highest BCUT2D eigenvalue weighted by Gasteiger charge is 2.28. The number of aliphatic hydroxyl groups is 1. The Morgan fingerprint density at radius 2 is 1.95 bits per heavy atom. The van der Waals surface area contributed by atoms with E-state index in [1.807, 2.05) is 39.0 Å². The van der Waals surface area contributed by atoms with Gasteiger partial charge in [0, 0.05) is 13.1 Å². The third-order valence-electron chi connectivity index (χ3n) is 3.59. The van der Waals surface area contributed by atoms with E-state index in [0.29, 0.717) is 5.69 Å². The summed E-state index contributed by atoms with van der Waals surface area (Å²) in [5.41, 5.74) is 7.36. The average Bonchev–Trinajstić information content (AvgIpc) is 2.32. The molecule has 4 heteroatoms. The van der Waals surface area contributed by atoms with E-state index in [4.69, 9.17) is 10.5 Å². The second-order valence-corrected chi connectivity index (χ2v) is 5.84. The van der Waals surface area contributed by atoms with Crippen molar-refractivity contribution in [2.75, 3.05) is 23.7 Å². The van der Waals surface area contributed by atoms with Gasteiger partial charge in [-0.25, -0.2) is 0 Å². The molecule has 0 aromatic heterocycles. The number of hydrogen-bond acceptors (Lipinski definition) is 4. The van der Waals surface area contributed by atoms with E-state index in [-0.39, 0.29) is 6.10 Å². The largest absolute Gasteiger partial charge is 0.489 e. The van der Waals surface area contributed by atoms with Crippen molar-refractivity contribution in [3.8, 4) is 5.75 Å². The van der Waals surface area contributed by atoms with Gasteiger partial charge in [-0.3, -0.25) is 0 Å². The van der Waals surface area contributed by atoms with E-state index >= 15 is 0 Å². The topological polar surface area (TPSA) is 58.7 Å². The van der Waals surface area contributed by atoms with Gasteiger partial charge in [-0.1, -0.05) is 6.07 Å². The molecule has 1 heterocycles. The van der Waals surface area contributed by atoms with Gasteiger partial charge in [-0.2, -0.15) is 0 Å². The molecule has 1 fully saturated rings. The van der Waals surface area contributed by atoms with Gasteiger partial charge >= 0.3 is 0 Å². The SMILES string of the molecule is CC(C)Oc1cccc(N2CCC(C)(O)CC2)c1N. The van der Waals surface area contributed by atoms with Crippen LogP contribution in [0.2, 0.25) is 0 Å². The van der Waals surface area contributed by atoms with Gasteiger partial charge in [0.05, 0.1) is 23.1 Å². The van der Waals surface area contributed by atoms with Crippen molar-refractivity contribution >= 4 is 11.4 Å². The summed E-state index contributed by atoms with van der Waals surface area (Å²) in [4.78, 5) is 2.22. The van der Waals surface area contributed by atoms with Crippen molar-refractivity contribution in [2.45, 2.75) is 45.3 Å². The Balaban J connectivity index is 2.17. The number of anilines is 2. The molecule has 1 aromatic rings. The maximum absolute atomic E-state index is 10.00. The number of nitrogen functional groups attached to an aromatic ring is 1. The summed E-state index contributed by atoms with van der Waals surface area (Å²) in [5.74, 6) is 0.741. The fourth-order valence-corrected chi connectivity index (χ4v) is 2.39. The molecule has 0 atom stereocenters. The summed E-state index contributed by atoms with van der Waals surface area (Å²) < 4.78 is 5.72. The first-order valence-corrected chi connectivity index (χ1v) is 6.91. The molecule has 0 saturated carbocycles. The molecular weight excluding hydrogens is 240 g/mol. The average molecular weight is 264 g/mol. The molecule has 4 nitrogen and oxygen atoms in total. The minimum absolute atomic E-state index is 0.111. The van der Waals surface area contributed by atoms with Gasteiger partial charge in [0.2, 0.25) is 0 Å². The van der Waals surface area contributed by atoms with Crippen molar-refractivity contribution < 1.29 is 9.84 Å². The van der Waals surface area contributed by atoms with Crippen LogP contribution >= 0.6 is 0 Å². The molecule has 106 valence electrons. The van der Waals surface area contributed by atoms with E-state index in [1.165, 1.54) is 0 Å². The van der Waals surface area contributed by atoms with Gasteiger partial charge in [0.1, 0.15) is 5.75 Å². The zero-order valence-corrected chi connectivity index (χ0v) is 12.0. The predicted molar refractivity (Wildman–Crippen MR) is 78.7 cm³/mol. The molecule has 1 saturated heterocycles. The molecule has 0 amide bonds. The minimum Gasteiger partial charge on any atom is -0.489 e. The Kier molecular flexibility index (Phi) is 3.90. The molecule has 0 radical (unpaired) electrons. The van der Waals surface area contributed by atoms with Crippen LogP contribution in [0.4, 0.5) is 11.4 Å². The Morgan fingerprint density at radius 1 is 1.32 bits per heavy atom. The van der Waals surface area contributed by atoms with E-state index in [0.717, 1.165) is 37.4 Å². The molecule has 0 unspecified atom stereocenters. The summed E-state index contributed by atoms with van der Waals surface area (Å²) in [7, 11) is 0. The Morgan fingerprint density at radius 3 is 2.53 bits per heavy atom. The standard InChI is InChI=1S/C15H24N2O2/c1-11(2)19-13-6-4-5-12(14(13)16)17-9-7-15(3,18)8-10-17/h4-6,11,18H,7-10,16H2,1-3H3. The summed E-state index contributed by atoms with van der Waals surface area (Å²) in [6.45, 7) is 7.52. The lowest BCUT2D eigenvalue weighted by atomic mass is 9.93. The van der Waals surface area contributed by atoms with Crippen molar-refractivity contribution in [2.24, 2.45) is 0 Å². The Hall–Kier alpha value is -1.42. The van der Waals surface area contributed by atoms with Crippen LogP contribution in [-0.4, -0.2) is 29.9 Å². The van der Waals surface area contributed by atoms with Gasteiger partial charge < -0.3 is 20.5 Å². The number of hydrogen-bond donors (Lipinski definition) is 2. The fourth-order valence-electron chi connectivity index (χ4n) is 2.39. The van der Waals surface area contributed by atoms with Crippen LogP contribution in [0.15, 0.2) is 18.2 Å². The van der Waals surface area contributed by atoms with Gasteiger partial charge in [-0.15, -0.1) is 0 Å². The second-order valence-electron chi connectivity index (χ2n) is 5.84. The molecular formula is C15H24N2O2. The summed E-state index contributed by atoms with van der Waals surface area (Å²) in [5, 5.41) is 10.00. The highest BCUT2D eigenvalue weighted by Crippen LogP contribution is 2.35. The number of nitrogens with two attached hydrogens (primary N) is 1. The fraction of sp³-hybridized carbons (Fsp3) is 0.600. The molecule has 0 spiro atoms. The maximum Gasteiger partial charge on any atom is 0.144 e. The summed E-state index contributed by atoms with van der Waals surface area (Å²) >= 11 is 0. The zero-order valence-electron chi connectivity index (χ0n) is 12.0. The molecule has 1 aliphatic rings. The quantitative estimate of drug-likeness (QED) is 0.823. The van der Waals surface area contributed by atoms with Crippen molar-refractivity contribution in [1.82, 2.24) is 0 Å². The van der Waals surface area contributed by atoms with Gasteiger partial charge in [0.15, 0.2) is 0 Å². The third kappa shape index (κ3) is 3.32. The highest BCUT2D eigenvalue weighted by atomic mass is 16.5. The van der Waals surface area contributed by atoms with Crippen molar-refractivity contribution in [1.29, 1.82) is 0 Å².